The first kappa shape index (κ1) is 24.9. The number of halogens is 1. The third-order valence-electron chi connectivity index (χ3n) is 6.16. The number of aliphatic hydroxyl groups is 3. The Bertz CT molecular complexity index is 654. The molecule has 1 aromatic carbocycles. The van der Waals surface area contributed by atoms with Crippen molar-refractivity contribution >= 4 is 17.6 Å². The van der Waals surface area contributed by atoms with Gasteiger partial charge in [-0.25, -0.2) is 0 Å². The highest BCUT2D eigenvalue weighted by molar-refractivity contribution is 6.30. The zero-order chi connectivity index (χ0) is 22.1. The highest BCUT2D eigenvalue weighted by atomic mass is 35.5. The second-order valence-electron chi connectivity index (χ2n) is 8.47. The smallest absolute Gasteiger partial charge is 0.303 e. The van der Waals surface area contributed by atoms with Crippen molar-refractivity contribution in [2.45, 2.75) is 89.1 Å². The molecule has 7 heteroatoms. The van der Waals surface area contributed by atoms with Crippen LogP contribution in [0.5, 0.6) is 5.75 Å². The van der Waals surface area contributed by atoms with E-state index in [2.05, 4.69) is 0 Å². The van der Waals surface area contributed by atoms with Crippen LogP contribution in [0.4, 0.5) is 0 Å². The van der Waals surface area contributed by atoms with Gasteiger partial charge in [0.05, 0.1) is 18.3 Å². The molecule has 2 rings (SSSR count). The van der Waals surface area contributed by atoms with E-state index >= 15 is 0 Å². The minimum atomic E-state index is -0.767. The first-order valence-corrected chi connectivity index (χ1v) is 11.3. The molecule has 1 fully saturated rings. The third kappa shape index (κ3) is 8.06. The molecule has 1 aromatic rings. The molecule has 0 amide bonds. The molecule has 6 atom stereocenters. The topological polar surface area (TPSA) is 107 Å². The van der Waals surface area contributed by atoms with Crippen molar-refractivity contribution in [1.29, 1.82) is 0 Å². The Kier molecular flexibility index (Phi) is 10.4. The summed E-state index contributed by atoms with van der Waals surface area (Å²) < 4.78 is 5.78. The van der Waals surface area contributed by atoms with Gasteiger partial charge in [0.2, 0.25) is 0 Å². The van der Waals surface area contributed by atoms with Gasteiger partial charge in [0.15, 0.2) is 0 Å². The molecule has 4 N–H and O–H groups in total. The van der Waals surface area contributed by atoms with Crippen LogP contribution in [0.2, 0.25) is 5.02 Å². The Morgan fingerprint density at radius 3 is 2.47 bits per heavy atom. The van der Waals surface area contributed by atoms with E-state index in [1.807, 2.05) is 0 Å². The Balaban J connectivity index is 1.77. The van der Waals surface area contributed by atoms with E-state index in [0.717, 1.165) is 25.7 Å². The summed E-state index contributed by atoms with van der Waals surface area (Å²) in [7, 11) is 0. The van der Waals surface area contributed by atoms with Crippen LogP contribution >= 0.6 is 11.6 Å². The second-order valence-corrected chi connectivity index (χ2v) is 8.91. The van der Waals surface area contributed by atoms with Gasteiger partial charge in [0.25, 0.3) is 0 Å². The number of rotatable bonds is 13. The number of hydrogen-bond acceptors (Lipinski definition) is 5. The number of unbranched alkanes of at least 4 members (excludes halogenated alkanes) is 3. The number of hydrogen-bond donors (Lipinski definition) is 4. The number of carbonyl (C=O) groups is 1. The average Bonchev–Trinajstić information content (AvgIpc) is 2.94. The number of benzene rings is 1. The molecule has 0 bridgehead atoms. The van der Waals surface area contributed by atoms with Gasteiger partial charge in [-0.2, -0.15) is 0 Å². The molecule has 1 saturated carbocycles. The van der Waals surface area contributed by atoms with Crippen molar-refractivity contribution in [2.24, 2.45) is 11.8 Å². The minimum absolute atomic E-state index is 0.0100. The van der Waals surface area contributed by atoms with E-state index in [4.69, 9.17) is 21.4 Å². The summed E-state index contributed by atoms with van der Waals surface area (Å²) in [6.07, 6.45) is 3.64. The van der Waals surface area contributed by atoms with Crippen LogP contribution in [0.3, 0.4) is 0 Å². The molecule has 170 valence electrons. The van der Waals surface area contributed by atoms with Crippen LogP contribution in [0.25, 0.3) is 0 Å². The second kappa shape index (κ2) is 12.5. The lowest BCUT2D eigenvalue weighted by molar-refractivity contribution is -0.137. The van der Waals surface area contributed by atoms with Crippen LogP contribution in [0.1, 0.15) is 64.7 Å². The molecule has 6 nitrogen and oxygen atoms in total. The SMILES string of the molecule is CC(Oc1cccc(Cl)c1)C(O)CCC1C(O)CC(O)C1CCCCCCC(=O)O. The maximum absolute atomic E-state index is 10.6. The summed E-state index contributed by atoms with van der Waals surface area (Å²) in [5, 5.41) is 40.5. The predicted octanol–water partition coefficient (Wildman–Crippen LogP) is 4.03. The molecule has 30 heavy (non-hydrogen) atoms. The van der Waals surface area contributed by atoms with Crippen LogP contribution in [0.15, 0.2) is 24.3 Å². The normalized spacial score (nSPS) is 25.8. The number of aliphatic carboxylic acids is 1. The summed E-state index contributed by atoms with van der Waals surface area (Å²) in [5.74, 6) is -0.203. The van der Waals surface area contributed by atoms with E-state index in [0.29, 0.717) is 36.5 Å². The summed E-state index contributed by atoms with van der Waals surface area (Å²) in [6, 6.07) is 7.04. The van der Waals surface area contributed by atoms with E-state index in [1.165, 1.54) is 0 Å². The maximum Gasteiger partial charge on any atom is 0.303 e. The number of carboxylic acids is 1. The zero-order valence-electron chi connectivity index (χ0n) is 17.6. The number of carboxylic acid groups (broad SMARTS) is 1. The van der Waals surface area contributed by atoms with E-state index in [-0.39, 0.29) is 18.3 Å². The van der Waals surface area contributed by atoms with Crippen molar-refractivity contribution in [2.75, 3.05) is 0 Å². The van der Waals surface area contributed by atoms with Crippen LogP contribution in [-0.2, 0) is 4.79 Å². The van der Waals surface area contributed by atoms with E-state index in [9.17, 15) is 20.1 Å². The molecule has 0 aliphatic heterocycles. The summed E-state index contributed by atoms with van der Waals surface area (Å²) in [6.45, 7) is 1.81. The lowest BCUT2D eigenvalue weighted by Crippen LogP contribution is -2.31. The van der Waals surface area contributed by atoms with Crippen LogP contribution in [0, 0.1) is 11.8 Å². The molecule has 1 aliphatic carbocycles. The fourth-order valence-electron chi connectivity index (χ4n) is 4.42. The molecular weight excluding hydrogens is 408 g/mol. The van der Waals surface area contributed by atoms with Gasteiger partial charge in [-0.15, -0.1) is 0 Å². The van der Waals surface area contributed by atoms with Crippen LogP contribution < -0.4 is 4.74 Å². The fraction of sp³-hybridized carbons (Fsp3) is 0.696. The standard InChI is InChI=1S/C23H35ClO6/c1-15(30-17-8-6-7-16(24)13-17)20(25)12-11-19-18(21(26)14-22(19)27)9-4-2-3-5-10-23(28)29/h6-8,13,15,18-22,25-27H,2-5,9-12,14H2,1H3,(H,28,29). The highest BCUT2D eigenvalue weighted by Crippen LogP contribution is 2.39. The molecule has 1 aliphatic rings. The summed E-state index contributed by atoms with van der Waals surface area (Å²) in [4.78, 5) is 10.6. The maximum atomic E-state index is 10.6. The Morgan fingerprint density at radius 1 is 1.13 bits per heavy atom. The third-order valence-corrected chi connectivity index (χ3v) is 6.39. The summed E-state index contributed by atoms with van der Waals surface area (Å²) >= 11 is 5.96. The molecule has 6 unspecified atom stereocenters. The highest BCUT2D eigenvalue weighted by Gasteiger charge is 2.41. The molecule has 0 spiro atoms. The predicted molar refractivity (Wildman–Crippen MR) is 116 cm³/mol. The minimum Gasteiger partial charge on any atom is -0.488 e. The molecule has 0 aromatic heterocycles. The van der Waals surface area contributed by atoms with Gasteiger partial charge in [-0.3, -0.25) is 4.79 Å². The largest absolute Gasteiger partial charge is 0.488 e. The van der Waals surface area contributed by atoms with Gasteiger partial charge < -0.3 is 25.2 Å². The molecular formula is C23H35ClO6. The lowest BCUT2D eigenvalue weighted by atomic mass is 9.84. The van der Waals surface area contributed by atoms with Crippen molar-refractivity contribution in [1.82, 2.24) is 0 Å². The Hall–Kier alpha value is -1.34. The van der Waals surface area contributed by atoms with Gasteiger partial charge in [-0.05, 0) is 69.1 Å². The van der Waals surface area contributed by atoms with E-state index in [1.54, 1.807) is 31.2 Å². The summed E-state index contributed by atoms with van der Waals surface area (Å²) in [5.41, 5.74) is 0. The quantitative estimate of drug-likeness (QED) is 0.343. The van der Waals surface area contributed by atoms with Gasteiger partial charge in [0.1, 0.15) is 11.9 Å². The first-order chi connectivity index (χ1) is 14.3. The monoisotopic (exact) mass is 442 g/mol. The van der Waals surface area contributed by atoms with Crippen molar-refractivity contribution in [3.8, 4) is 5.75 Å². The number of ether oxygens (including phenoxy) is 1. The molecule has 0 saturated heterocycles. The first-order valence-electron chi connectivity index (χ1n) is 11.0. The Morgan fingerprint density at radius 2 is 1.80 bits per heavy atom. The average molecular weight is 443 g/mol. The lowest BCUT2D eigenvalue weighted by Gasteiger charge is -2.26. The van der Waals surface area contributed by atoms with Gasteiger partial charge in [0, 0.05) is 11.4 Å². The van der Waals surface area contributed by atoms with E-state index < -0.39 is 30.4 Å². The van der Waals surface area contributed by atoms with Crippen molar-refractivity contribution in [3.05, 3.63) is 29.3 Å². The van der Waals surface area contributed by atoms with Gasteiger partial charge >= 0.3 is 5.97 Å². The van der Waals surface area contributed by atoms with Gasteiger partial charge in [-0.1, -0.05) is 36.9 Å². The molecule has 0 radical (unpaired) electrons. The van der Waals surface area contributed by atoms with Crippen LogP contribution in [-0.4, -0.2) is 50.8 Å². The fourth-order valence-corrected chi connectivity index (χ4v) is 4.60. The number of aliphatic hydroxyl groups excluding tert-OH is 3. The van der Waals surface area contributed by atoms with Crippen molar-refractivity contribution in [3.63, 3.8) is 0 Å². The van der Waals surface area contributed by atoms with Crippen molar-refractivity contribution < 1.29 is 30.0 Å². The molecule has 0 heterocycles. The Labute approximate surface area is 183 Å². The zero-order valence-corrected chi connectivity index (χ0v) is 18.4.